The fraction of sp³-hybridized carbons (Fsp3) is 0.750. The van der Waals surface area contributed by atoms with Crippen molar-refractivity contribution in [2.75, 3.05) is 6.73 Å². The highest BCUT2D eigenvalue weighted by Gasteiger charge is 1.91. The summed E-state index contributed by atoms with van der Waals surface area (Å²) in [6.07, 6.45) is 0.732. The molecule has 0 rings (SSSR count). The zero-order valence-electron chi connectivity index (χ0n) is 4.22. The molecule has 0 bridgehead atoms. The van der Waals surface area contributed by atoms with Crippen molar-refractivity contribution in [2.24, 2.45) is 0 Å². The van der Waals surface area contributed by atoms with E-state index in [-0.39, 0.29) is 12.8 Å². The van der Waals surface area contributed by atoms with Gasteiger partial charge in [0.05, 0.1) is 12.8 Å². The third kappa shape index (κ3) is 3.42. The second kappa shape index (κ2) is 3.77. The molecule has 0 aromatic carbocycles. The maximum atomic E-state index is 9.72. The van der Waals surface area contributed by atoms with Crippen molar-refractivity contribution >= 4 is 6.29 Å². The Balaban J connectivity index is 2.98. The largest absolute Gasteiger partial charge is 0.381 e. The first kappa shape index (κ1) is 6.59. The summed E-state index contributed by atoms with van der Waals surface area (Å²) in [5.41, 5.74) is 0. The molecule has 2 N–H and O–H groups in total. The zero-order valence-corrected chi connectivity index (χ0v) is 4.22. The van der Waals surface area contributed by atoms with Crippen LogP contribution in [0.3, 0.4) is 0 Å². The van der Waals surface area contributed by atoms with Crippen molar-refractivity contribution in [3.63, 3.8) is 0 Å². The van der Waals surface area contributed by atoms with E-state index in [1.807, 2.05) is 0 Å². The third-order valence-corrected chi connectivity index (χ3v) is 0.617. The molecule has 0 spiro atoms. The van der Waals surface area contributed by atoms with Gasteiger partial charge in [0, 0.05) is 0 Å². The van der Waals surface area contributed by atoms with Crippen LogP contribution < -0.4 is 5.32 Å². The van der Waals surface area contributed by atoms with Gasteiger partial charge in [-0.3, -0.25) is 5.32 Å². The van der Waals surface area contributed by atoms with Crippen LogP contribution in [0.1, 0.15) is 6.92 Å². The minimum absolute atomic E-state index is 0.139. The van der Waals surface area contributed by atoms with Crippen LogP contribution in [0.15, 0.2) is 0 Å². The Hall–Kier alpha value is -0.410. The predicted molar refractivity (Wildman–Crippen MR) is 25.7 cm³/mol. The van der Waals surface area contributed by atoms with E-state index in [2.05, 4.69) is 5.32 Å². The summed E-state index contributed by atoms with van der Waals surface area (Å²) >= 11 is 0. The van der Waals surface area contributed by atoms with E-state index in [9.17, 15) is 4.79 Å². The number of nitrogens with one attached hydrogen (secondary N) is 1. The van der Waals surface area contributed by atoms with Gasteiger partial charge in [-0.15, -0.1) is 0 Å². The molecule has 0 aliphatic carbocycles. The number of carbonyl (C=O) groups excluding carboxylic acids is 1. The Kier molecular flexibility index (Phi) is 3.55. The van der Waals surface area contributed by atoms with Crippen LogP contribution in [0, 0.1) is 0 Å². The van der Waals surface area contributed by atoms with E-state index in [1.165, 1.54) is 0 Å². The first-order chi connectivity index (χ1) is 3.31. The van der Waals surface area contributed by atoms with E-state index >= 15 is 0 Å². The lowest BCUT2D eigenvalue weighted by Crippen LogP contribution is -2.27. The van der Waals surface area contributed by atoms with Gasteiger partial charge in [-0.2, -0.15) is 0 Å². The van der Waals surface area contributed by atoms with Gasteiger partial charge in [0.2, 0.25) is 0 Å². The Morgan fingerprint density at radius 1 is 2.00 bits per heavy atom. The molecule has 0 aliphatic heterocycles. The summed E-state index contributed by atoms with van der Waals surface area (Å²) in [6, 6.07) is -0.231. The third-order valence-electron chi connectivity index (χ3n) is 0.617. The molecule has 0 aromatic heterocycles. The molecule has 0 aliphatic rings. The predicted octanol–water partition coefficient (Wildman–Crippen LogP) is -0.887. The summed E-state index contributed by atoms with van der Waals surface area (Å²) < 4.78 is 0. The second-order valence-electron chi connectivity index (χ2n) is 1.29. The maximum absolute atomic E-state index is 9.72. The smallest absolute Gasteiger partial charge is 0.136 e. The van der Waals surface area contributed by atoms with Crippen molar-refractivity contribution in [1.82, 2.24) is 5.32 Å². The SMILES string of the molecule is C[C@@H](C=O)NCO. The van der Waals surface area contributed by atoms with Gasteiger partial charge in [-0.1, -0.05) is 0 Å². The fourth-order valence-corrected chi connectivity index (χ4v) is 0.192. The topological polar surface area (TPSA) is 49.3 Å². The normalized spacial score (nSPS) is 13.4. The molecule has 0 aromatic rings. The Morgan fingerprint density at radius 3 is 2.71 bits per heavy atom. The number of carbonyl (C=O) groups is 1. The molecule has 0 radical (unpaired) electrons. The van der Waals surface area contributed by atoms with Crippen molar-refractivity contribution < 1.29 is 9.90 Å². The van der Waals surface area contributed by atoms with E-state index in [1.54, 1.807) is 6.92 Å². The number of aldehydes is 1. The maximum Gasteiger partial charge on any atom is 0.136 e. The van der Waals surface area contributed by atoms with Crippen molar-refractivity contribution in [2.45, 2.75) is 13.0 Å². The van der Waals surface area contributed by atoms with E-state index in [4.69, 9.17) is 5.11 Å². The molecule has 0 saturated heterocycles. The summed E-state index contributed by atoms with van der Waals surface area (Å²) in [7, 11) is 0. The van der Waals surface area contributed by atoms with Crippen LogP contribution in [0.4, 0.5) is 0 Å². The highest BCUT2D eigenvalue weighted by atomic mass is 16.3. The van der Waals surface area contributed by atoms with Crippen LogP contribution in [0.2, 0.25) is 0 Å². The van der Waals surface area contributed by atoms with Gasteiger partial charge < -0.3 is 9.90 Å². The van der Waals surface area contributed by atoms with E-state index in [0.29, 0.717) is 0 Å². The standard InChI is InChI=1S/C4H9NO2/c1-4(2-6)5-3-7/h2,4-5,7H,3H2,1H3/t4-/m0/s1. The lowest BCUT2D eigenvalue weighted by atomic mass is 10.4. The minimum Gasteiger partial charge on any atom is -0.381 e. The molecule has 3 heteroatoms. The Morgan fingerprint density at radius 2 is 2.57 bits per heavy atom. The quantitative estimate of drug-likeness (QED) is 0.360. The average Bonchev–Trinajstić information content (AvgIpc) is 1.68. The minimum atomic E-state index is -0.231. The first-order valence-corrected chi connectivity index (χ1v) is 2.10. The number of rotatable bonds is 3. The zero-order chi connectivity index (χ0) is 5.70. The lowest BCUT2D eigenvalue weighted by molar-refractivity contribution is -0.109. The molecule has 0 amide bonds. The van der Waals surface area contributed by atoms with Crippen LogP contribution in [0.5, 0.6) is 0 Å². The second-order valence-corrected chi connectivity index (χ2v) is 1.29. The van der Waals surface area contributed by atoms with Gasteiger partial charge in [0.15, 0.2) is 0 Å². The average molecular weight is 103 g/mol. The highest BCUT2D eigenvalue weighted by molar-refractivity contribution is 5.56. The van der Waals surface area contributed by atoms with E-state index < -0.39 is 0 Å². The molecular formula is C4H9NO2. The van der Waals surface area contributed by atoms with Crippen molar-refractivity contribution in [1.29, 1.82) is 0 Å². The molecule has 0 heterocycles. The summed E-state index contributed by atoms with van der Waals surface area (Å²) in [5, 5.41) is 10.6. The molecule has 7 heavy (non-hydrogen) atoms. The number of hydrogen-bond donors (Lipinski definition) is 2. The Bertz CT molecular complexity index is 55.7. The summed E-state index contributed by atoms with van der Waals surface area (Å²) in [4.78, 5) is 9.72. The van der Waals surface area contributed by atoms with Gasteiger partial charge >= 0.3 is 0 Å². The van der Waals surface area contributed by atoms with Crippen LogP contribution >= 0.6 is 0 Å². The van der Waals surface area contributed by atoms with Crippen LogP contribution in [-0.2, 0) is 4.79 Å². The lowest BCUT2D eigenvalue weighted by Gasteiger charge is -1.99. The molecule has 42 valence electrons. The highest BCUT2D eigenvalue weighted by Crippen LogP contribution is 1.67. The molecule has 0 saturated carbocycles. The van der Waals surface area contributed by atoms with Gasteiger partial charge in [-0.05, 0) is 6.92 Å². The van der Waals surface area contributed by atoms with Crippen LogP contribution in [0.25, 0.3) is 0 Å². The summed E-state index contributed by atoms with van der Waals surface area (Å²) in [6.45, 7) is 1.53. The van der Waals surface area contributed by atoms with Crippen molar-refractivity contribution in [3.05, 3.63) is 0 Å². The first-order valence-electron chi connectivity index (χ1n) is 2.10. The van der Waals surface area contributed by atoms with Gasteiger partial charge in [0.1, 0.15) is 6.29 Å². The molecule has 0 fully saturated rings. The fourth-order valence-electron chi connectivity index (χ4n) is 0.192. The van der Waals surface area contributed by atoms with Gasteiger partial charge in [0.25, 0.3) is 0 Å². The van der Waals surface area contributed by atoms with Gasteiger partial charge in [-0.25, -0.2) is 0 Å². The number of aliphatic hydroxyl groups excluding tert-OH is 1. The molecular weight excluding hydrogens is 94.0 g/mol. The monoisotopic (exact) mass is 103 g/mol. The Labute approximate surface area is 42.3 Å². The van der Waals surface area contributed by atoms with E-state index in [0.717, 1.165) is 6.29 Å². The number of aliphatic hydroxyl groups is 1. The molecule has 3 nitrogen and oxygen atoms in total. The number of hydrogen-bond acceptors (Lipinski definition) is 3. The molecule has 0 unspecified atom stereocenters. The molecule has 1 atom stereocenters. The van der Waals surface area contributed by atoms with Crippen LogP contribution in [-0.4, -0.2) is 24.2 Å². The summed E-state index contributed by atoms with van der Waals surface area (Å²) in [5.74, 6) is 0. The van der Waals surface area contributed by atoms with Crippen molar-refractivity contribution in [3.8, 4) is 0 Å².